The van der Waals surface area contributed by atoms with Crippen molar-refractivity contribution in [3.63, 3.8) is 0 Å². The number of hydrogen-bond donors (Lipinski definition) is 0. The predicted molar refractivity (Wildman–Crippen MR) is 124 cm³/mol. The van der Waals surface area contributed by atoms with Crippen LogP contribution in [0.4, 0.5) is 5.82 Å². The molecule has 0 atom stereocenters. The van der Waals surface area contributed by atoms with Gasteiger partial charge in [-0.15, -0.1) is 0 Å². The van der Waals surface area contributed by atoms with Gasteiger partial charge in [0.25, 0.3) is 5.89 Å². The average molecular weight is 448 g/mol. The summed E-state index contributed by atoms with van der Waals surface area (Å²) in [6.07, 6.45) is 6.14. The van der Waals surface area contributed by atoms with E-state index in [2.05, 4.69) is 20.0 Å². The van der Waals surface area contributed by atoms with E-state index in [9.17, 15) is 4.79 Å². The van der Waals surface area contributed by atoms with Crippen molar-refractivity contribution in [1.82, 2.24) is 20.0 Å². The van der Waals surface area contributed by atoms with Gasteiger partial charge in [-0.05, 0) is 55.5 Å². The fourth-order valence-corrected chi connectivity index (χ4v) is 4.28. The summed E-state index contributed by atoms with van der Waals surface area (Å²) in [5.41, 5.74) is 1.97. The van der Waals surface area contributed by atoms with Crippen LogP contribution in [0.1, 0.15) is 43.0 Å². The summed E-state index contributed by atoms with van der Waals surface area (Å²) in [5, 5.41) is 4.16. The van der Waals surface area contributed by atoms with Gasteiger partial charge in [0.2, 0.25) is 5.91 Å². The number of aromatic nitrogens is 3. The molecule has 0 spiro atoms. The quantitative estimate of drug-likeness (QED) is 0.546. The molecule has 0 bridgehead atoms. The van der Waals surface area contributed by atoms with E-state index in [4.69, 9.17) is 9.26 Å². The molecule has 2 aliphatic rings. The Morgan fingerprint density at radius 1 is 1.15 bits per heavy atom. The van der Waals surface area contributed by atoms with Crippen molar-refractivity contribution in [3.8, 4) is 17.2 Å². The second-order valence-corrected chi connectivity index (χ2v) is 8.68. The van der Waals surface area contributed by atoms with Crippen LogP contribution in [0.5, 0.6) is 5.75 Å². The molecule has 3 heterocycles. The number of methoxy groups -OCH3 is 1. The molecule has 1 aliphatic heterocycles. The smallest absolute Gasteiger partial charge is 0.261 e. The number of anilines is 1. The zero-order valence-electron chi connectivity index (χ0n) is 18.9. The summed E-state index contributed by atoms with van der Waals surface area (Å²) in [6, 6.07) is 11.8. The van der Waals surface area contributed by atoms with Crippen LogP contribution in [0.25, 0.3) is 11.5 Å². The molecule has 8 heteroatoms. The molecule has 3 aromatic rings. The molecule has 2 fully saturated rings. The predicted octanol–water partition coefficient (Wildman–Crippen LogP) is 3.69. The summed E-state index contributed by atoms with van der Waals surface area (Å²) in [6.45, 7) is 2.97. The van der Waals surface area contributed by atoms with Crippen LogP contribution in [0.15, 0.2) is 47.1 Å². The Hall–Kier alpha value is -3.42. The molecule has 1 saturated heterocycles. The lowest BCUT2D eigenvalue weighted by atomic mass is 10.1. The van der Waals surface area contributed by atoms with E-state index in [0.29, 0.717) is 31.2 Å². The highest BCUT2D eigenvalue weighted by Crippen LogP contribution is 2.39. The zero-order valence-corrected chi connectivity index (χ0v) is 18.9. The lowest BCUT2D eigenvalue weighted by molar-refractivity contribution is -0.130. The van der Waals surface area contributed by atoms with E-state index in [1.54, 1.807) is 13.3 Å². The minimum absolute atomic E-state index is 0.187. The molecule has 1 amide bonds. The first-order valence-electron chi connectivity index (χ1n) is 11.7. The molecule has 5 rings (SSSR count). The van der Waals surface area contributed by atoms with Gasteiger partial charge in [0.05, 0.1) is 12.7 Å². The number of ether oxygens (including phenoxy) is 1. The maximum atomic E-state index is 12.9. The average Bonchev–Trinajstić information content (AvgIpc) is 3.64. The van der Waals surface area contributed by atoms with Crippen molar-refractivity contribution in [2.24, 2.45) is 0 Å². The second-order valence-electron chi connectivity index (χ2n) is 8.68. The molecule has 2 aromatic heterocycles. The van der Waals surface area contributed by atoms with Gasteiger partial charge >= 0.3 is 0 Å². The van der Waals surface area contributed by atoms with Gasteiger partial charge in [-0.25, -0.2) is 4.98 Å². The highest BCUT2D eigenvalue weighted by atomic mass is 16.5. The Morgan fingerprint density at radius 2 is 2.06 bits per heavy atom. The van der Waals surface area contributed by atoms with Crippen LogP contribution in [0.3, 0.4) is 0 Å². The normalized spacial score (nSPS) is 16.5. The molecular formula is C25H29N5O3. The molecule has 1 saturated carbocycles. The summed E-state index contributed by atoms with van der Waals surface area (Å²) in [7, 11) is 1.66. The van der Waals surface area contributed by atoms with E-state index in [1.165, 1.54) is 0 Å². The number of carbonyl (C=O) groups is 1. The van der Waals surface area contributed by atoms with Crippen LogP contribution in [0.2, 0.25) is 0 Å². The first-order valence-corrected chi connectivity index (χ1v) is 11.7. The zero-order chi connectivity index (χ0) is 22.6. The molecule has 0 unspecified atom stereocenters. The van der Waals surface area contributed by atoms with Crippen LogP contribution >= 0.6 is 0 Å². The molecule has 8 nitrogen and oxygen atoms in total. The van der Waals surface area contributed by atoms with Crippen molar-refractivity contribution < 1.29 is 14.1 Å². The number of pyridine rings is 1. The first-order chi connectivity index (χ1) is 16.2. The number of hydrogen-bond acceptors (Lipinski definition) is 7. The molecule has 0 radical (unpaired) electrons. The first kappa shape index (κ1) is 21.4. The highest BCUT2D eigenvalue weighted by molar-refractivity contribution is 5.77. The third-order valence-electron chi connectivity index (χ3n) is 6.31. The van der Waals surface area contributed by atoms with Crippen molar-refractivity contribution in [2.75, 3.05) is 38.2 Å². The maximum Gasteiger partial charge on any atom is 0.261 e. The van der Waals surface area contributed by atoms with Gasteiger partial charge in [-0.1, -0.05) is 17.3 Å². The SMILES string of the molecule is COc1cccc(CCC(=O)N2CCCN(c3ncccc3-c3nc(C4CC4)no3)CC2)c1. The van der Waals surface area contributed by atoms with E-state index in [1.807, 2.05) is 41.3 Å². The Labute approximate surface area is 193 Å². The molecule has 1 aliphatic carbocycles. The van der Waals surface area contributed by atoms with Crippen molar-refractivity contribution in [1.29, 1.82) is 0 Å². The number of aryl methyl sites for hydroxylation is 1. The van der Waals surface area contributed by atoms with E-state index < -0.39 is 0 Å². The van der Waals surface area contributed by atoms with Gasteiger partial charge in [0.1, 0.15) is 11.6 Å². The Kier molecular flexibility index (Phi) is 6.24. The molecule has 172 valence electrons. The number of amides is 1. The van der Waals surface area contributed by atoms with Gasteiger partial charge in [-0.3, -0.25) is 4.79 Å². The molecule has 0 N–H and O–H groups in total. The standard InChI is InChI=1S/C25H29N5O3/c1-32-20-6-2-5-18(17-20)8-11-22(31)29-13-4-14-30(16-15-29)24-21(7-3-12-26-24)25-27-23(28-33-25)19-9-10-19/h2-3,5-7,12,17,19H,4,8-11,13-16H2,1H3. The van der Waals surface area contributed by atoms with Crippen LogP contribution < -0.4 is 9.64 Å². The van der Waals surface area contributed by atoms with Crippen LogP contribution in [-0.2, 0) is 11.2 Å². The fraction of sp³-hybridized carbons (Fsp3) is 0.440. The lowest BCUT2D eigenvalue weighted by Crippen LogP contribution is -2.35. The lowest BCUT2D eigenvalue weighted by Gasteiger charge is -2.24. The highest BCUT2D eigenvalue weighted by Gasteiger charge is 2.30. The second kappa shape index (κ2) is 9.60. The van der Waals surface area contributed by atoms with Crippen LogP contribution in [0, 0.1) is 0 Å². The third-order valence-corrected chi connectivity index (χ3v) is 6.31. The fourth-order valence-electron chi connectivity index (χ4n) is 4.28. The van der Waals surface area contributed by atoms with E-state index in [-0.39, 0.29) is 5.91 Å². The monoisotopic (exact) mass is 447 g/mol. The van der Waals surface area contributed by atoms with Gasteiger partial charge in [0, 0.05) is 44.7 Å². The van der Waals surface area contributed by atoms with E-state index >= 15 is 0 Å². The Bertz CT molecular complexity index is 1110. The summed E-state index contributed by atoms with van der Waals surface area (Å²) >= 11 is 0. The minimum Gasteiger partial charge on any atom is -0.497 e. The van der Waals surface area contributed by atoms with Crippen molar-refractivity contribution >= 4 is 11.7 Å². The van der Waals surface area contributed by atoms with Crippen molar-refractivity contribution in [2.45, 2.75) is 38.0 Å². The van der Waals surface area contributed by atoms with Crippen molar-refractivity contribution in [3.05, 3.63) is 54.0 Å². The topological polar surface area (TPSA) is 84.6 Å². The molecule has 1 aromatic carbocycles. The maximum absolute atomic E-state index is 12.9. The summed E-state index contributed by atoms with van der Waals surface area (Å²) in [4.78, 5) is 26.4. The minimum atomic E-state index is 0.187. The van der Waals surface area contributed by atoms with Gasteiger partial charge in [0.15, 0.2) is 5.82 Å². The largest absolute Gasteiger partial charge is 0.497 e. The number of nitrogens with zero attached hydrogens (tertiary/aromatic N) is 5. The number of carbonyl (C=O) groups excluding carboxylic acids is 1. The number of rotatable bonds is 7. The van der Waals surface area contributed by atoms with Gasteiger partial charge < -0.3 is 19.1 Å². The Balaban J connectivity index is 1.22. The molecule has 33 heavy (non-hydrogen) atoms. The van der Waals surface area contributed by atoms with E-state index in [0.717, 1.165) is 67.4 Å². The Morgan fingerprint density at radius 3 is 2.91 bits per heavy atom. The summed E-state index contributed by atoms with van der Waals surface area (Å²) in [5.74, 6) is 3.61. The molecular weight excluding hydrogens is 418 g/mol. The number of benzene rings is 1. The summed E-state index contributed by atoms with van der Waals surface area (Å²) < 4.78 is 10.8. The van der Waals surface area contributed by atoms with Gasteiger partial charge in [-0.2, -0.15) is 4.98 Å². The third kappa shape index (κ3) is 4.99. The van der Waals surface area contributed by atoms with Crippen LogP contribution in [-0.4, -0.2) is 59.2 Å².